The number of likely N-dealkylation sites (tertiary alicyclic amines) is 1. The highest BCUT2D eigenvalue weighted by Gasteiger charge is 2.48. The Morgan fingerprint density at radius 2 is 1.96 bits per heavy atom. The summed E-state index contributed by atoms with van der Waals surface area (Å²) in [6.45, 7) is 5.27. The Hall–Kier alpha value is -1.88. The lowest BCUT2D eigenvalue weighted by Crippen LogP contribution is -2.46. The molecular formula is C18H26N2O3. The maximum absolute atomic E-state index is 12.8. The number of benzene rings is 1. The molecule has 2 amide bonds. The van der Waals surface area contributed by atoms with Crippen molar-refractivity contribution < 1.29 is 14.3 Å². The van der Waals surface area contributed by atoms with Gasteiger partial charge >= 0.3 is 0 Å². The van der Waals surface area contributed by atoms with Gasteiger partial charge in [0.05, 0.1) is 5.41 Å². The second-order valence-electron chi connectivity index (χ2n) is 6.92. The summed E-state index contributed by atoms with van der Waals surface area (Å²) in [7, 11) is 1.63. The predicted molar refractivity (Wildman–Crippen MR) is 88.8 cm³/mol. The predicted octanol–water partition coefficient (Wildman–Crippen LogP) is 1.70. The number of ether oxygens (including phenoxy) is 1. The minimum Gasteiger partial charge on any atom is -0.385 e. The first-order chi connectivity index (χ1) is 10.8. The van der Waals surface area contributed by atoms with Crippen LogP contribution < -0.4 is 5.73 Å². The van der Waals surface area contributed by atoms with E-state index in [1.807, 2.05) is 44.2 Å². The van der Waals surface area contributed by atoms with Gasteiger partial charge in [-0.3, -0.25) is 9.59 Å². The SMILES string of the molecule is COCCC(C)(C)C(=O)N1CC[C@@](C(N)=O)(c2ccccc2)C1. The van der Waals surface area contributed by atoms with Crippen LogP contribution >= 0.6 is 0 Å². The van der Waals surface area contributed by atoms with Crippen molar-refractivity contribution in [1.29, 1.82) is 0 Å². The van der Waals surface area contributed by atoms with Gasteiger partial charge in [-0.2, -0.15) is 0 Å². The van der Waals surface area contributed by atoms with E-state index in [1.54, 1.807) is 12.0 Å². The Morgan fingerprint density at radius 1 is 1.30 bits per heavy atom. The van der Waals surface area contributed by atoms with Crippen LogP contribution in [0.2, 0.25) is 0 Å². The van der Waals surface area contributed by atoms with Gasteiger partial charge in [0, 0.05) is 32.2 Å². The van der Waals surface area contributed by atoms with Crippen LogP contribution in [0.1, 0.15) is 32.3 Å². The Bertz CT molecular complexity index is 571. The normalized spacial score (nSPS) is 21.4. The monoisotopic (exact) mass is 318 g/mol. The number of hydrogen-bond acceptors (Lipinski definition) is 3. The van der Waals surface area contributed by atoms with Crippen molar-refractivity contribution >= 4 is 11.8 Å². The lowest BCUT2D eigenvalue weighted by atomic mass is 9.79. The van der Waals surface area contributed by atoms with Crippen molar-refractivity contribution in [2.75, 3.05) is 26.8 Å². The Morgan fingerprint density at radius 3 is 2.52 bits per heavy atom. The number of primary amides is 1. The standard InChI is InChI=1S/C18H26N2O3/c1-17(2,10-12-23-3)16(22)20-11-9-18(13-20,15(19)21)14-7-5-4-6-8-14/h4-8H,9-13H2,1-3H3,(H2,19,21)/t18-/m0/s1. The average molecular weight is 318 g/mol. The number of nitrogens with zero attached hydrogens (tertiary/aromatic N) is 1. The van der Waals surface area contributed by atoms with Crippen LogP contribution in [0.3, 0.4) is 0 Å². The Labute approximate surface area is 137 Å². The molecule has 23 heavy (non-hydrogen) atoms. The summed E-state index contributed by atoms with van der Waals surface area (Å²) in [5.41, 5.74) is 5.31. The number of methoxy groups -OCH3 is 1. The molecule has 5 nitrogen and oxygen atoms in total. The minimum atomic E-state index is -0.783. The molecule has 1 heterocycles. The van der Waals surface area contributed by atoms with Crippen LogP contribution in [-0.2, 0) is 19.7 Å². The summed E-state index contributed by atoms with van der Waals surface area (Å²) in [6, 6.07) is 9.52. The number of carbonyl (C=O) groups excluding carboxylic acids is 2. The van der Waals surface area contributed by atoms with E-state index in [0.717, 1.165) is 5.56 Å². The third kappa shape index (κ3) is 3.39. The lowest BCUT2D eigenvalue weighted by Gasteiger charge is -2.31. The summed E-state index contributed by atoms with van der Waals surface area (Å²) >= 11 is 0. The molecule has 1 aliphatic rings. The summed E-state index contributed by atoms with van der Waals surface area (Å²) < 4.78 is 5.09. The number of hydrogen-bond donors (Lipinski definition) is 1. The van der Waals surface area contributed by atoms with E-state index in [4.69, 9.17) is 10.5 Å². The molecule has 0 unspecified atom stereocenters. The fourth-order valence-corrected chi connectivity index (χ4v) is 3.21. The zero-order valence-corrected chi connectivity index (χ0v) is 14.2. The van der Waals surface area contributed by atoms with E-state index >= 15 is 0 Å². The van der Waals surface area contributed by atoms with Gasteiger partial charge in [0.2, 0.25) is 11.8 Å². The number of carbonyl (C=O) groups is 2. The quantitative estimate of drug-likeness (QED) is 0.868. The maximum Gasteiger partial charge on any atom is 0.229 e. The first-order valence-corrected chi connectivity index (χ1v) is 7.97. The second-order valence-corrected chi connectivity index (χ2v) is 6.92. The van der Waals surface area contributed by atoms with Gasteiger partial charge in [-0.05, 0) is 18.4 Å². The van der Waals surface area contributed by atoms with Crippen molar-refractivity contribution in [1.82, 2.24) is 4.90 Å². The molecule has 1 saturated heterocycles. The van der Waals surface area contributed by atoms with Crippen LogP contribution in [0, 0.1) is 5.41 Å². The number of rotatable bonds is 6. The van der Waals surface area contributed by atoms with Gasteiger partial charge < -0.3 is 15.4 Å². The Kier molecular flexibility index (Phi) is 5.09. The van der Waals surface area contributed by atoms with Gasteiger partial charge in [-0.25, -0.2) is 0 Å². The van der Waals surface area contributed by atoms with Crippen LogP contribution in [0.25, 0.3) is 0 Å². The third-order valence-electron chi connectivity index (χ3n) is 4.86. The molecule has 2 rings (SSSR count). The minimum absolute atomic E-state index is 0.0496. The molecular weight excluding hydrogens is 292 g/mol. The van der Waals surface area contributed by atoms with Gasteiger partial charge in [-0.1, -0.05) is 44.2 Å². The van der Waals surface area contributed by atoms with Crippen molar-refractivity contribution in [2.24, 2.45) is 11.1 Å². The molecule has 126 valence electrons. The third-order valence-corrected chi connectivity index (χ3v) is 4.86. The van der Waals surface area contributed by atoms with Gasteiger partial charge in [0.1, 0.15) is 0 Å². The average Bonchev–Trinajstić information content (AvgIpc) is 2.99. The number of nitrogens with two attached hydrogens (primary N) is 1. The molecule has 0 saturated carbocycles. The smallest absolute Gasteiger partial charge is 0.229 e. The molecule has 0 spiro atoms. The second kappa shape index (κ2) is 6.71. The van der Waals surface area contributed by atoms with Crippen LogP contribution in [-0.4, -0.2) is 43.5 Å². The highest BCUT2D eigenvalue weighted by Crippen LogP contribution is 2.37. The molecule has 0 aromatic heterocycles. The van der Waals surface area contributed by atoms with Crippen molar-refractivity contribution in [3.63, 3.8) is 0 Å². The van der Waals surface area contributed by atoms with E-state index < -0.39 is 10.8 Å². The first-order valence-electron chi connectivity index (χ1n) is 7.97. The van der Waals surface area contributed by atoms with Crippen molar-refractivity contribution in [3.05, 3.63) is 35.9 Å². The zero-order valence-electron chi connectivity index (χ0n) is 14.2. The summed E-state index contributed by atoms with van der Waals surface area (Å²) in [5.74, 6) is -0.317. The summed E-state index contributed by atoms with van der Waals surface area (Å²) in [6.07, 6.45) is 1.21. The molecule has 0 radical (unpaired) electrons. The lowest BCUT2D eigenvalue weighted by molar-refractivity contribution is -0.140. The molecule has 5 heteroatoms. The van der Waals surface area contributed by atoms with Crippen molar-refractivity contribution in [3.8, 4) is 0 Å². The molecule has 1 atom stereocenters. The molecule has 1 aromatic rings. The molecule has 1 aliphatic heterocycles. The zero-order chi connectivity index (χ0) is 17.1. The van der Waals surface area contributed by atoms with Gasteiger partial charge in [-0.15, -0.1) is 0 Å². The van der Waals surface area contributed by atoms with Crippen LogP contribution in [0.15, 0.2) is 30.3 Å². The van der Waals surface area contributed by atoms with E-state index in [9.17, 15) is 9.59 Å². The fraction of sp³-hybridized carbons (Fsp3) is 0.556. The highest BCUT2D eigenvalue weighted by molar-refractivity contribution is 5.90. The molecule has 0 aliphatic carbocycles. The molecule has 1 fully saturated rings. The first kappa shape index (κ1) is 17.5. The largest absolute Gasteiger partial charge is 0.385 e. The highest BCUT2D eigenvalue weighted by atomic mass is 16.5. The molecule has 2 N–H and O–H groups in total. The molecule has 0 bridgehead atoms. The summed E-state index contributed by atoms with van der Waals surface area (Å²) in [4.78, 5) is 26.8. The van der Waals surface area contributed by atoms with Crippen LogP contribution in [0.5, 0.6) is 0 Å². The number of amides is 2. The van der Waals surface area contributed by atoms with E-state index in [1.165, 1.54) is 0 Å². The van der Waals surface area contributed by atoms with Gasteiger partial charge in [0.25, 0.3) is 0 Å². The maximum atomic E-state index is 12.8. The van der Waals surface area contributed by atoms with E-state index in [2.05, 4.69) is 0 Å². The van der Waals surface area contributed by atoms with E-state index in [0.29, 0.717) is 32.5 Å². The van der Waals surface area contributed by atoms with Crippen LogP contribution in [0.4, 0.5) is 0 Å². The summed E-state index contributed by atoms with van der Waals surface area (Å²) in [5, 5.41) is 0. The van der Waals surface area contributed by atoms with E-state index in [-0.39, 0.29) is 11.8 Å². The fourth-order valence-electron chi connectivity index (χ4n) is 3.21. The van der Waals surface area contributed by atoms with Crippen molar-refractivity contribution in [2.45, 2.75) is 32.1 Å². The molecule has 1 aromatic carbocycles. The Balaban J connectivity index is 2.21. The topological polar surface area (TPSA) is 72.6 Å². The van der Waals surface area contributed by atoms with Gasteiger partial charge in [0.15, 0.2) is 0 Å².